The molecule has 0 radical (unpaired) electrons. The first-order chi connectivity index (χ1) is 8.06. The minimum Gasteiger partial charge on any atom is -0.206 e. The van der Waals surface area contributed by atoms with Crippen molar-refractivity contribution in [1.29, 1.82) is 0 Å². The lowest BCUT2D eigenvalue weighted by Gasteiger charge is -2.01. The van der Waals surface area contributed by atoms with Crippen LogP contribution in [0.25, 0.3) is 11.9 Å². The molecule has 1 aromatic rings. The van der Waals surface area contributed by atoms with Crippen LogP contribution in [0.2, 0.25) is 0 Å². The molecule has 0 N–H and O–H groups in total. The van der Waals surface area contributed by atoms with Crippen molar-refractivity contribution in [2.24, 2.45) is 0 Å². The first-order valence-corrected chi connectivity index (χ1v) is 5.23. The molecule has 0 nitrogen and oxygen atoms in total. The van der Waals surface area contributed by atoms with Crippen molar-refractivity contribution in [3.05, 3.63) is 47.3 Å². The summed E-state index contributed by atoms with van der Waals surface area (Å²) < 4.78 is 50.1. The standard InChI is InChI=1S/C13H12F4/c1-2-3-4-5-9-6-7-10(11(14)8-9)12(15)13(16)17/h4-8H,2-3H2,1H3/b5-4+. The smallest absolute Gasteiger partial charge is 0.206 e. The summed E-state index contributed by atoms with van der Waals surface area (Å²) in [6.45, 7) is 2.00. The van der Waals surface area contributed by atoms with Crippen molar-refractivity contribution in [3.8, 4) is 0 Å². The Labute approximate surface area is 97.3 Å². The van der Waals surface area contributed by atoms with Crippen molar-refractivity contribution >= 4 is 11.9 Å². The average molecular weight is 244 g/mol. The number of benzene rings is 1. The van der Waals surface area contributed by atoms with E-state index < -0.39 is 23.3 Å². The lowest BCUT2D eigenvalue weighted by molar-refractivity contribution is 0.409. The maximum Gasteiger partial charge on any atom is 0.306 e. The van der Waals surface area contributed by atoms with E-state index >= 15 is 0 Å². The third-order valence-electron chi connectivity index (χ3n) is 2.16. The number of rotatable bonds is 4. The van der Waals surface area contributed by atoms with Gasteiger partial charge in [0.05, 0.1) is 5.56 Å². The van der Waals surface area contributed by atoms with E-state index in [0.717, 1.165) is 25.0 Å². The number of unbranched alkanes of at least 4 members (excludes halogenated alkanes) is 1. The molecule has 0 fully saturated rings. The van der Waals surface area contributed by atoms with E-state index in [4.69, 9.17) is 0 Å². The zero-order valence-electron chi connectivity index (χ0n) is 9.31. The van der Waals surface area contributed by atoms with E-state index in [-0.39, 0.29) is 0 Å². The fraction of sp³-hybridized carbons (Fsp3) is 0.231. The minimum atomic E-state index is -2.52. The van der Waals surface area contributed by atoms with Crippen LogP contribution in [0.5, 0.6) is 0 Å². The van der Waals surface area contributed by atoms with Crippen molar-refractivity contribution in [2.75, 3.05) is 0 Å². The highest BCUT2D eigenvalue weighted by atomic mass is 19.3. The summed E-state index contributed by atoms with van der Waals surface area (Å²) in [5.74, 6) is -2.81. The van der Waals surface area contributed by atoms with Crippen LogP contribution in [0.15, 0.2) is 30.4 Å². The second kappa shape index (κ2) is 6.23. The van der Waals surface area contributed by atoms with Crippen LogP contribution in [-0.4, -0.2) is 0 Å². The van der Waals surface area contributed by atoms with Gasteiger partial charge in [-0.25, -0.2) is 8.78 Å². The molecule has 0 saturated carbocycles. The third kappa shape index (κ3) is 3.73. The molecule has 0 aromatic heterocycles. The molecule has 0 saturated heterocycles. The van der Waals surface area contributed by atoms with Gasteiger partial charge in [0.25, 0.3) is 0 Å². The fourth-order valence-electron chi connectivity index (χ4n) is 1.30. The molecule has 0 aliphatic carbocycles. The number of halogens is 4. The van der Waals surface area contributed by atoms with Gasteiger partial charge in [0.2, 0.25) is 0 Å². The van der Waals surface area contributed by atoms with Crippen molar-refractivity contribution in [1.82, 2.24) is 0 Å². The Kier molecular flexibility index (Phi) is 4.94. The zero-order chi connectivity index (χ0) is 12.8. The topological polar surface area (TPSA) is 0 Å². The van der Waals surface area contributed by atoms with E-state index in [9.17, 15) is 17.6 Å². The Morgan fingerprint density at radius 2 is 1.94 bits per heavy atom. The fourth-order valence-corrected chi connectivity index (χ4v) is 1.30. The van der Waals surface area contributed by atoms with Gasteiger partial charge in [0, 0.05) is 0 Å². The molecule has 1 rings (SSSR count). The molecule has 0 heterocycles. The van der Waals surface area contributed by atoms with Gasteiger partial charge in [-0.05, 0) is 24.1 Å². The van der Waals surface area contributed by atoms with Crippen LogP contribution in [0, 0.1) is 5.82 Å². The minimum absolute atomic E-state index is 0.520. The third-order valence-corrected chi connectivity index (χ3v) is 2.16. The van der Waals surface area contributed by atoms with Crippen LogP contribution >= 0.6 is 0 Å². The molecule has 17 heavy (non-hydrogen) atoms. The Morgan fingerprint density at radius 3 is 2.47 bits per heavy atom. The molecule has 0 unspecified atom stereocenters. The quantitative estimate of drug-likeness (QED) is 0.640. The van der Waals surface area contributed by atoms with Gasteiger partial charge in [-0.3, -0.25) is 0 Å². The summed E-state index contributed by atoms with van der Waals surface area (Å²) in [6, 6.07) is 3.44. The van der Waals surface area contributed by atoms with Gasteiger partial charge in [0.1, 0.15) is 5.82 Å². The molecule has 92 valence electrons. The van der Waals surface area contributed by atoms with Gasteiger partial charge in [-0.15, -0.1) is 0 Å². The molecule has 0 atom stereocenters. The lowest BCUT2D eigenvalue weighted by Crippen LogP contribution is -1.88. The summed E-state index contributed by atoms with van der Waals surface area (Å²) in [5, 5.41) is 0. The Balaban J connectivity index is 2.98. The summed E-state index contributed by atoms with van der Waals surface area (Å²) in [4.78, 5) is 0. The van der Waals surface area contributed by atoms with Gasteiger partial charge in [-0.2, -0.15) is 8.78 Å². The molecule has 1 aromatic carbocycles. The van der Waals surface area contributed by atoms with E-state index in [1.54, 1.807) is 6.08 Å². The normalized spacial score (nSPS) is 10.9. The maximum absolute atomic E-state index is 13.3. The van der Waals surface area contributed by atoms with E-state index in [1.165, 1.54) is 6.07 Å². The summed E-state index contributed by atoms with van der Waals surface area (Å²) in [6.07, 6.45) is 2.80. The Bertz CT molecular complexity index is 443. The highest BCUT2D eigenvalue weighted by Gasteiger charge is 2.13. The summed E-state index contributed by atoms with van der Waals surface area (Å²) in [7, 11) is 0. The van der Waals surface area contributed by atoms with Crippen LogP contribution in [0.1, 0.15) is 30.9 Å². The second-order valence-electron chi connectivity index (χ2n) is 3.50. The zero-order valence-corrected chi connectivity index (χ0v) is 9.31. The first kappa shape index (κ1) is 13.5. The highest BCUT2D eigenvalue weighted by Crippen LogP contribution is 2.25. The Hall–Kier alpha value is -1.58. The summed E-state index contributed by atoms with van der Waals surface area (Å²) in [5.41, 5.74) is -0.190. The average Bonchev–Trinajstić information content (AvgIpc) is 2.28. The van der Waals surface area contributed by atoms with Gasteiger partial charge in [0.15, 0.2) is 5.83 Å². The number of hydrogen-bond donors (Lipinski definition) is 0. The van der Waals surface area contributed by atoms with E-state index in [0.29, 0.717) is 5.56 Å². The lowest BCUT2D eigenvalue weighted by atomic mass is 10.1. The van der Waals surface area contributed by atoms with Crippen molar-refractivity contribution in [2.45, 2.75) is 19.8 Å². The maximum atomic E-state index is 13.3. The number of hydrogen-bond acceptors (Lipinski definition) is 0. The van der Waals surface area contributed by atoms with Gasteiger partial charge < -0.3 is 0 Å². The van der Waals surface area contributed by atoms with E-state index in [1.807, 2.05) is 13.0 Å². The molecular weight excluding hydrogens is 232 g/mol. The summed E-state index contributed by atoms with van der Waals surface area (Å²) >= 11 is 0. The molecular formula is C13H12F4. The van der Waals surface area contributed by atoms with E-state index in [2.05, 4.69) is 0 Å². The van der Waals surface area contributed by atoms with Crippen LogP contribution in [0.3, 0.4) is 0 Å². The molecule has 0 bridgehead atoms. The van der Waals surface area contributed by atoms with Crippen LogP contribution in [-0.2, 0) is 0 Å². The highest BCUT2D eigenvalue weighted by molar-refractivity contribution is 5.62. The molecule has 4 heteroatoms. The Morgan fingerprint density at radius 1 is 1.24 bits per heavy atom. The SMILES string of the molecule is CCC/C=C/c1ccc(C(F)=C(F)F)c(F)c1. The predicted octanol–water partition coefficient (Wildman–Crippen LogP) is 5.17. The van der Waals surface area contributed by atoms with Crippen molar-refractivity contribution in [3.63, 3.8) is 0 Å². The predicted molar refractivity (Wildman–Crippen MR) is 60.6 cm³/mol. The van der Waals surface area contributed by atoms with Crippen molar-refractivity contribution < 1.29 is 17.6 Å². The van der Waals surface area contributed by atoms with Crippen LogP contribution < -0.4 is 0 Å². The molecule has 0 amide bonds. The first-order valence-electron chi connectivity index (χ1n) is 5.23. The van der Waals surface area contributed by atoms with Gasteiger partial charge in [-0.1, -0.05) is 31.6 Å². The molecule has 0 spiro atoms. The van der Waals surface area contributed by atoms with Crippen LogP contribution in [0.4, 0.5) is 17.6 Å². The monoisotopic (exact) mass is 244 g/mol. The molecule has 0 aliphatic rings. The number of allylic oxidation sites excluding steroid dienone is 1. The second-order valence-corrected chi connectivity index (χ2v) is 3.50. The van der Waals surface area contributed by atoms with Gasteiger partial charge >= 0.3 is 6.08 Å². The largest absolute Gasteiger partial charge is 0.306 e. The molecule has 0 aliphatic heterocycles.